The lowest BCUT2D eigenvalue weighted by atomic mass is 9.91. The van der Waals surface area contributed by atoms with Crippen LogP contribution in [-0.2, 0) is 0 Å². The van der Waals surface area contributed by atoms with E-state index in [1.807, 2.05) is 73.7 Å². The van der Waals surface area contributed by atoms with Crippen LogP contribution in [0, 0.1) is 13.8 Å². The molecule has 0 radical (unpaired) electrons. The first-order chi connectivity index (χ1) is 15.6. The fourth-order valence-electron chi connectivity index (χ4n) is 4.10. The first-order valence-electron chi connectivity index (χ1n) is 10.5. The van der Waals surface area contributed by atoms with Crippen molar-refractivity contribution in [2.24, 2.45) is 0 Å². The summed E-state index contributed by atoms with van der Waals surface area (Å²) in [5, 5.41) is 0.981. The van der Waals surface area contributed by atoms with E-state index in [1.165, 1.54) is 0 Å². The number of rotatable bonds is 4. The minimum Gasteiger partial charge on any atom is -0.289 e. The van der Waals surface area contributed by atoms with Gasteiger partial charge < -0.3 is 0 Å². The number of nitrogens with zero attached hydrogens (tertiary/aromatic N) is 3. The maximum Gasteiger partial charge on any atom is 0.188 e. The van der Waals surface area contributed by atoms with Crippen LogP contribution in [0.1, 0.15) is 27.2 Å². The zero-order valence-electron chi connectivity index (χ0n) is 17.9. The van der Waals surface area contributed by atoms with Gasteiger partial charge in [-0.3, -0.25) is 19.7 Å². The van der Waals surface area contributed by atoms with Crippen LogP contribution in [0.25, 0.3) is 39.1 Å². The van der Waals surface area contributed by atoms with Gasteiger partial charge in [0.2, 0.25) is 0 Å². The molecule has 3 aromatic carbocycles. The highest BCUT2D eigenvalue weighted by Gasteiger charge is 2.19. The molecule has 154 valence electrons. The summed E-state index contributed by atoms with van der Waals surface area (Å²) in [5.74, 6) is -0.0850. The Balaban J connectivity index is 1.69. The Morgan fingerprint density at radius 1 is 0.844 bits per heavy atom. The molecule has 0 unspecified atom stereocenters. The van der Waals surface area contributed by atoms with Gasteiger partial charge in [0.25, 0.3) is 0 Å². The maximum atomic E-state index is 13.5. The quantitative estimate of drug-likeness (QED) is 0.253. The highest BCUT2D eigenvalue weighted by molar-refractivity contribution is 6.16. The number of allylic oxidation sites excluding steroid dienone is 1. The number of carbonyl (C=O) groups excluding carboxylic acids is 1. The summed E-state index contributed by atoms with van der Waals surface area (Å²) in [7, 11) is 0. The van der Waals surface area contributed by atoms with Crippen LogP contribution in [-0.4, -0.2) is 20.7 Å². The molecular weight excluding hydrogens is 394 g/mol. The molecule has 0 aliphatic heterocycles. The zero-order chi connectivity index (χ0) is 22.1. The Hall–Kier alpha value is -4.18. The third-order valence-electron chi connectivity index (χ3n) is 5.57. The van der Waals surface area contributed by atoms with Gasteiger partial charge in [-0.1, -0.05) is 54.1 Å². The Kier molecular flexibility index (Phi) is 5.04. The lowest BCUT2D eigenvalue weighted by molar-refractivity contribution is 0.104. The second kappa shape index (κ2) is 8.16. The molecule has 4 nitrogen and oxygen atoms in total. The van der Waals surface area contributed by atoms with E-state index in [0.717, 1.165) is 44.2 Å². The van der Waals surface area contributed by atoms with E-state index < -0.39 is 0 Å². The number of para-hydroxylation sites is 1. The van der Waals surface area contributed by atoms with Crippen LogP contribution in [0.2, 0.25) is 0 Å². The topological polar surface area (TPSA) is 55.7 Å². The van der Waals surface area contributed by atoms with E-state index in [4.69, 9.17) is 4.98 Å². The summed E-state index contributed by atoms with van der Waals surface area (Å²) in [4.78, 5) is 27.1. The molecule has 0 bridgehead atoms. The molecule has 0 fully saturated rings. The fourth-order valence-corrected chi connectivity index (χ4v) is 4.10. The molecule has 0 aliphatic carbocycles. The molecule has 0 spiro atoms. The van der Waals surface area contributed by atoms with Gasteiger partial charge in [0, 0.05) is 34.6 Å². The number of pyridine rings is 1. The fraction of sp³-hybridized carbons (Fsp3) is 0.0714. The molecule has 2 aromatic heterocycles. The number of fused-ring (bicyclic) bond motifs is 2. The molecule has 0 saturated heterocycles. The lowest BCUT2D eigenvalue weighted by Crippen LogP contribution is -2.05. The number of benzene rings is 3. The van der Waals surface area contributed by atoms with Crippen molar-refractivity contribution < 1.29 is 4.79 Å². The summed E-state index contributed by atoms with van der Waals surface area (Å²) >= 11 is 0. The second-order valence-corrected chi connectivity index (χ2v) is 7.80. The van der Waals surface area contributed by atoms with Crippen molar-refractivity contribution >= 4 is 33.8 Å². The normalized spacial score (nSPS) is 11.4. The van der Waals surface area contributed by atoms with Crippen LogP contribution < -0.4 is 0 Å². The molecule has 0 N–H and O–H groups in total. The van der Waals surface area contributed by atoms with Gasteiger partial charge >= 0.3 is 0 Å². The number of aryl methyl sites for hydroxylation is 2. The highest BCUT2D eigenvalue weighted by atomic mass is 16.1. The molecule has 0 saturated carbocycles. The van der Waals surface area contributed by atoms with Crippen molar-refractivity contribution in [2.45, 2.75) is 13.8 Å². The average Bonchev–Trinajstić information content (AvgIpc) is 2.82. The number of aromatic nitrogens is 3. The minimum absolute atomic E-state index is 0.0850. The predicted octanol–water partition coefficient (Wildman–Crippen LogP) is 6.36. The number of carbonyl (C=O) groups is 1. The third-order valence-corrected chi connectivity index (χ3v) is 5.57. The molecule has 0 aliphatic rings. The van der Waals surface area contributed by atoms with E-state index in [-0.39, 0.29) is 5.78 Å². The number of ketones is 1. The first kappa shape index (κ1) is 19.8. The zero-order valence-corrected chi connectivity index (χ0v) is 17.9. The Bertz CT molecular complexity index is 1500. The summed E-state index contributed by atoms with van der Waals surface area (Å²) in [6.07, 6.45) is 6.75. The maximum absolute atomic E-state index is 13.5. The van der Waals surface area contributed by atoms with Gasteiger partial charge in [-0.05, 0) is 49.8 Å². The number of hydrogen-bond donors (Lipinski definition) is 0. The molecule has 0 atom stereocenters. The Morgan fingerprint density at radius 2 is 1.66 bits per heavy atom. The average molecular weight is 415 g/mol. The third kappa shape index (κ3) is 3.56. The summed E-state index contributed by atoms with van der Waals surface area (Å²) in [5.41, 5.74) is 7.69. The van der Waals surface area contributed by atoms with Crippen LogP contribution in [0.4, 0.5) is 0 Å². The predicted molar refractivity (Wildman–Crippen MR) is 130 cm³/mol. The van der Waals surface area contributed by atoms with Gasteiger partial charge in [0.15, 0.2) is 5.78 Å². The van der Waals surface area contributed by atoms with Gasteiger partial charge in [0.1, 0.15) is 0 Å². The van der Waals surface area contributed by atoms with Crippen molar-refractivity contribution in [3.05, 3.63) is 108 Å². The van der Waals surface area contributed by atoms with Crippen LogP contribution in [0.15, 0.2) is 85.2 Å². The van der Waals surface area contributed by atoms with Gasteiger partial charge in [-0.25, -0.2) is 0 Å². The van der Waals surface area contributed by atoms with Crippen LogP contribution in [0.3, 0.4) is 0 Å². The molecule has 5 rings (SSSR count). The number of hydrogen-bond acceptors (Lipinski definition) is 4. The van der Waals surface area contributed by atoms with E-state index >= 15 is 0 Å². The van der Waals surface area contributed by atoms with E-state index in [9.17, 15) is 4.79 Å². The molecular formula is C28H21N3O. The van der Waals surface area contributed by atoms with Crippen molar-refractivity contribution in [1.29, 1.82) is 0 Å². The van der Waals surface area contributed by atoms with Crippen molar-refractivity contribution in [3.8, 4) is 11.1 Å². The highest BCUT2D eigenvalue weighted by Crippen LogP contribution is 2.34. The summed E-state index contributed by atoms with van der Waals surface area (Å²) in [6, 6.07) is 22.0. The molecule has 4 heteroatoms. The van der Waals surface area contributed by atoms with E-state index in [0.29, 0.717) is 11.3 Å². The molecule has 32 heavy (non-hydrogen) atoms. The Labute approximate surface area is 186 Å². The van der Waals surface area contributed by atoms with Gasteiger partial charge in [-0.15, -0.1) is 0 Å². The van der Waals surface area contributed by atoms with Crippen LogP contribution >= 0.6 is 0 Å². The molecule has 0 amide bonds. The summed E-state index contributed by atoms with van der Waals surface area (Å²) in [6.45, 7) is 3.95. The van der Waals surface area contributed by atoms with Crippen molar-refractivity contribution in [3.63, 3.8) is 0 Å². The molecule has 5 aromatic rings. The lowest BCUT2D eigenvalue weighted by Gasteiger charge is -2.15. The largest absolute Gasteiger partial charge is 0.289 e. The Morgan fingerprint density at radius 3 is 2.50 bits per heavy atom. The minimum atomic E-state index is -0.0850. The van der Waals surface area contributed by atoms with Gasteiger partial charge in [0.05, 0.1) is 22.1 Å². The second-order valence-electron chi connectivity index (χ2n) is 7.80. The van der Waals surface area contributed by atoms with Crippen LogP contribution in [0.5, 0.6) is 0 Å². The monoisotopic (exact) mass is 415 g/mol. The first-order valence-corrected chi connectivity index (χ1v) is 10.5. The standard InChI is InChI=1S/C28H21N3O/c1-18-11-13-23-22(17-18)27(20-7-4-3-5-8-20)26(19(2)31-23)25(32)14-12-21-9-6-10-24-28(21)30-16-15-29-24/h3-17H,1-2H3/b14-12+. The van der Waals surface area contributed by atoms with E-state index in [2.05, 4.69) is 23.0 Å². The summed E-state index contributed by atoms with van der Waals surface area (Å²) < 4.78 is 0. The molecule has 2 heterocycles. The van der Waals surface area contributed by atoms with E-state index in [1.54, 1.807) is 18.5 Å². The smallest absolute Gasteiger partial charge is 0.188 e. The SMILES string of the molecule is Cc1ccc2nc(C)c(C(=O)/C=C/c3cccc4nccnc34)c(-c3ccccc3)c2c1. The van der Waals surface area contributed by atoms with Crippen molar-refractivity contribution in [1.82, 2.24) is 15.0 Å². The van der Waals surface area contributed by atoms with Crippen molar-refractivity contribution in [2.75, 3.05) is 0 Å². The van der Waals surface area contributed by atoms with Gasteiger partial charge in [-0.2, -0.15) is 0 Å².